The maximum Gasteiger partial charge on any atom is 0.326 e. The van der Waals surface area contributed by atoms with Gasteiger partial charge < -0.3 is 76.2 Å². The third-order valence-electron chi connectivity index (χ3n) is 9.05. The number of carbonyl (C=O) groups excluding carboxylic acids is 6. The predicted octanol–water partition coefficient (Wildman–Crippen LogP) is -0.601. The number of hydrogen-bond donors (Lipinski definition) is 10. The van der Waals surface area contributed by atoms with Crippen molar-refractivity contribution in [3.05, 3.63) is 35.4 Å². The molecule has 0 spiro atoms. The molecule has 0 aliphatic rings. The molecule has 10 N–H and O–H groups in total. The molecular weight excluding hydrogens is 874 g/mol. The molecule has 24 heteroatoms. The maximum absolute atomic E-state index is 12.4. The van der Waals surface area contributed by atoms with E-state index in [2.05, 4.69) is 31.9 Å². The Bertz CT molecular complexity index is 1630. The topological polar surface area (TPSA) is 345 Å². The van der Waals surface area contributed by atoms with Crippen LogP contribution in [0.1, 0.15) is 84.9 Å². The first-order valence-corrected chi connectivity index (χ1v) is 21.7. The monoisotopic (exact) mass is 941 g/mol. The van der Waals surface area contributed by atoms with E-state index in [0.29, 0.717) is 103 Å². The lowest BCUT2D eigenvalue weighted by Gasteiger charge is -2.18. The van der Waals surface area contributed by atoms with E-state index >= 15 is 0 Å². The van der Waals surface area contributed by atoms with Crippen molar-refractivity contribution in [3.8, 4) is 0 Å². The molecule has 0 saturated carbocycles. The first-order valence-electron chi connectivity index (χ1n) is 21.7. The van der Waals surface area contributed by atoms with E-state index in [4.69, 9.17) is 33.9 Å². The molecule has 2 atom stereocenters. The second-order valence-corrected chi connectivity index (χ2v) is 14.4. The van der Waals surface area contributed by atoms with Gasteiger partial charge in [0.15, 0.2) is 0 Å². The summed E-state index contributed by atoms with van der Waals surface area (Å²) in [5.41, 5.74) is 0.784. The van der Waals surface area contributed by atoms with Crippen LogP contribution in [0.5, 0.6) is 0 Å². The fraction of sp³-hybridized carbons (Fsp3) is 0.643. The van der Waals surface area contributed by atoms with Gasteiger partial charge in [0.25, 0.3) is 11.8 Å². The average molecular weight is 942 g/mol. The summed E-state index contributed by atoms with van der Waals surface area (Å²) in [4.78, 5) is 106. The smallest absolute Gasteiger partial charge is 0.326 e. The number of carboxylic acids is 3. The van der Waals surface area contributed by atoms with Crippen LogP contribution in [-0.4, -0.2) is 180 Å². The zero-order chi connectivity index (χ0) is 48.8. The van der Waals surface area contributed by atoms with Crippen molar-refractivity contribution < 1.29 is 82.2 Å². The minimum absolute atomic E-state index is 0.00154. The molecule has 0 aliphatic heterocycles. The minimum Gasteiger partial charge on any atom is -0.481 e. The molecule has 0 aliphatic carbocycles. The number of urea groups is 1. The summed E-state index contributed by atoms with van der Waals surface area (Å²) in [5, 5.41) is 44.9. The highest BCUT2D eigenvalue weighted by atomic mass is 16.5. The molecule has 1 aromatic rings. The molecular formula is C42H67N7O17. The van der Waals surface area contributed by atoms with Crippen LogP contribution in [0, 0.1) is 0 Å². The number of amides is 7. The third-order valence-corrected chi connectivity index (χ3v) is 9.05. The Morgan fingerprint density at radius 3 is 1.32 bits per heavy atom. The van der Waals surface area contributed by atoms with Gasteiger partial charge in [0.1, 0.15) is 18.7 Å². The van der Waals surface area contributed by atoms with E-state index in [9.17, 15) is 48.3 Å². The Balaban J connectivity index is 2.01. The Labute approximate surface area is 383 Å². The van der Waals surface area contributed by atoms with Gasteiger partial charge in [-0.3, -0.25) is 28.8 Å². The quantitative estimate of drug-likeness (QED) is 0.0367. The molecule has 24 nitrogen and oxygen atoms in total. The van der Waals surface area contributed by atoms with Gasteiger partial charge in [-0.25, -0.2) is 14.4 Å². The lowest BCUT2D eigenvalue weighted by Crippen LogP contribution is -2.51. The van der Waals surface area contributed by atoms with Gasteiger partial charge in [-0.15, -0.1) is 0 Å². The van der Waals surface area contributed by atoms with Crippen molar-refractivity contribution in [3.63, 3.8) is 0 Å². The molecule has 7 amide bonds. The van der Waals surface area contributed by atoms with Crippen molar-refractivity contribution >= 4 is 53.5 Å². The van der Waals surface area contributed by atoms with E-state index in [0.717, 1.165) is 19.3 Å². The molecule has 1 rings (SSSR count). The summed E-state index contributed by atoms with van der Waals surface area (Å²) >= 11 is 0. The standard InChI is InChI=1S/C42H67N7O17/c1-62-29-36(52)45-18-22-64-26-28-66-24-20-47-39(56)31-10-8-30(9-11-31)38(55)46-19-23-65-27-25-63-21-17-44-34(50)7-5-3-2-4-6-16-43-35(51)14-12-32(40(57)58)48-42(61)49-33(41(59)60)13-15-37(53)54/h8-11,32-33H,2-7,12-29H2,1H3,(H,43,51)(H,44,50)(H,45,52)(H,46,55)(H,47,56)(H,53,54)(H,57,58)(H,59,60)(H2,48,49,61)/t32-,33-/m0/s1. The molecule has 0 radical (unpaired) electrons. The van der Waals surface area contributed by atoms with Gasteiger partial charge in [-0.1, -0.05) is 19.3 Å². The number of carbonyl (C=O) groups is 9. The van der Waals surface area contributed by atoms with Crippen molar-refractivity contribution in [2.24, 2.45) is 0 Å². The number of aliphatic carboxylic acids is 3. The van der Waals surface area contributed by atoms with Crippen LogP contribution in [0.3, 0.4) is 0 Å². The Hall–Kier alpha value is -5.95. The summed E-state index contributed by atoms with van der Waals surface area (Å²) in [6.45, 7) is 4.12. The Morgan fingerprint density at radius 1 is 0.470 bits per heavy atom. The second kappa shape index (κ2) is 37.3. The number of carboxylic acid groups (broad SMARTS) is 3. The maximum atomic E-state index is 12.4. The van der Waals surface area contributed by atoms with E-state index < -0.39 is 54.8 Å². The molecule has 1 aromatic carbocycles. The first-order chi connectivity index (χ1) is 31.7. The molecule has 0 unspecified atom stereocenters. The van der Waals surface area contributed by atoms with Gasteiger partial charge in [-0.2, -0.15) is 0 Å². The third kappa shape index (κ3) is 31.0. The van der Waals surface area contributed by atoms with Crippen LogP contribution >= 0.6 is 0 Å². The van der Waals surface area contributed by atoms with E-state index in [1.165, 1.54) is 7.11 Å². The average Bonchev–Trinajstić information content (AvgIpc) is 3.28. The van der Waals surface area contributed by atoms with E-state index in [1.54, 1.807) is 24.3 Å². The summed E-state index contributed by atoms with van der Waals surface area (Å²) < 4.78 is 26.4. The highest BCUT2D eigenvalue weighted by Crippen LogP contribution is 2.07. The summed E-state index contributed by atoms with van der Waals surface area (Å²) in [7, 11) is 1.44. The number of ether oxygens (including phenoxy) is 5. The normalized spacial score (nSPS) is 11.7. The van der Waals surface area contributed by atoms with Crippen molar-refractivity contribution in [2.45, 2.75) is 76.3 Å². The first kappa shape index (κ1) is 58.1. The van der Waals surface area contributed by atoms with Crippen LogP contribution in [0.4, 0.5) is 4.79 Å². The number of hydrogen-bond acceptors (Lipinski definition) is 14. The van der Waals surface area contributed by atoms with Crippen LogP contribution in [-0.2, 0) is 52.5 Å². The number of unbranched alkanes of at least 4 members (excludes halogenated alkanes) is 4. The van der Waals surface area contributed by atoms with Crippen molar-refractivity contribution in [1.82, 2.24) is 37.2 Å². The zero-order valence-electron chi connectivity index (χ0n) is 37.5. The number of methoxy groups -OCH3 is 1. The molecule has 0 saturated heterocycles. The molecule has 0 heterocycles. The van der Waals surface area contributed by atoms with E-state index in [-0.39, 0.29) is 56.2 Å². The molecule has 0 fully saturated rings. The largest absolute Gasteiger partial charge is 0.481 e. The highest BCUT2D eigenvalue weighted by Gasteiger charge is 2.25. The van der Waals surface area contributed by atoms with Crippen LogP contribution in [0.2, 0.25) is 0 Å². The fourth-order valence-corrected chi connectivity index (χ4v) is 5.56. The van der Waals surface area contributed by atoms with Crippen molar-refractivity contribution in [2.75, 3.05) is 99.3 Å². The van der Waals surface area contributed by atoms with Crippen molar-refractivity contribution in [1.29, 1.82) is 0 Å². The fourth-order valence-electron chi connectivity index (χ4n) is 5.56. The number of rotatable bonds is 40. The lowest BCUT2D eigenvalue weighted by atomic mass is 10.1. The second-order valence-electron chi connectivity index (χ2n) is 14.4. The number of nitrogens with one attached hydrogen (secondary N) is 7. The predicted molar refractivity (Wildman–Crippen MR) is 234 cm³/mol. The minimum atomic E-state index is -1.53. The van der Waals surface area contributed by atoms with E-state index in [1.807, 2.05) is 5.32 Å². The highest BCUT2D eigenvalue weighted by molar-refractivity contribution is 5.97. The van der Waals surface area contributed by atoms with Gasteiger partial charge in [-0.05, 0) is 49.9 Å². The van der Waals surface area contributed by atoms with Crippen LogP contribution in [0.15, 0.2) is 24.3 Å². The van der Waals surface area contributed by atoms with Gasteiger partial charge in [0.05, 0.1) is 52.9 Å². The van der Waals surface area contributed by atoms with Gasteiger partial charge in [0.2, 0.25) is 17.7 Å². The van der Waals surface area contributed by atoms with Gasteiger partial charge >= 0.3 is 23.9 Å². The lowest BCUT2D eigenvalue weighted by molar-refractivity contribution is -0.141. The Kier molecular flexibility index (Phi) is 32.8. The zero-order valence-corrected chi connectivity index (χ0v) is 37.5. The summed E-state index contributed by atoms with van der Waals surface area (Å²) in [5.74, 6) is -5.51. The summed E-state index contributed by atoms with van der Waals surface area (Å²) in [6, 6.07) is 2.10. The van der Waals surface area contributed by atoms with Crippen LogP contribution in [0.25, 0.3) is 0 Å². The molecule has 66 heavy (non-hydrogen) atoms. The molecule has 0 bridgehead atoms. The number of benzene rings is 1. The van der Waals surface area contributed by atoms with Crippen LogP contribution < -0.4 is 37.2 Å². The Morgan fingerprint density at radius 2 is 0.864 bits per heavy atom. The molecule has 0 aromatic heterocycles. The summed E-state index contributed by atoms with van der Waals surface area (Å²) in [6.07, 6.45) is 2.79. The van der Waals surface area contributed by atoms with Gasteiger partial charge in [0, 0.05) is 70.2 Å². The molecule has 372 valence electrons. The SMILES string of the molecule is COCC(=O)NCCOCCOCCNC(=O)c1ccc(C(=O)NCCOCCOCCNC(=O)CCCCCCCNC(=O)CC[C@H](NC(=O)N[C@@H](CCC(=O)O)C(=O)O)C(=O)O)cc1.